The summed E-state index contributed by atoms with van der Waals surface area (Å²) in [6.07, 6.45) is 2.24. The number of aryl methyl sites for hydroxylation is 1. The number of benzene rings is 2. The quantitative estimate of drug-likeness (QED) is 0.680. The first-order chi connectivity index (χ1) is 14.0. The first-order valence-corrected chi connectivity index (χ1v) is 10.2. The summed E-state index contributed by atoms with van der Waals surface area (Å²) in [6.45, 7) is 6.77. The molecule has 0 aliphatic carbocycles. The Morgan fingerprint density at radius 2 is 1.69 bits per heavy atom. The van der Waals surface area contributed by atoms with Crippen molar-refractivity contribution in [3.63, 3.8) is 0 Å². The number of nitrogens with zero attached hydrogens (tertiary/aromatic N) is 2. The van der Waals surface area contributed by atoms with Crippen molar-refractivity contribution in [3.8, 4) is 0 Å². The molecule has 0 bridgehead atoms. The minimum absolute atomic E-state index is 0.127. The molecule has 1 unspecified atom stereocenters. The van der Waals surface area contributed by atoms with Gasteiger partial charge in [-0.15, -0.1) is 0 Å². The molecule has 29 heavy (non-hydrogen) atoms. The Morgan fingerprint density at radius 1 is 1.00 bits per heavy atom. The summed E-state index contributed by atoms with van der Waals surface area (Å²) in [4.78, 5) is 33.0. The number of rotatable bonds is 5. The average Bonchev–Trinajstić information content (AvgIpc) is 3.18. The number of nitrogens with one attached hydrogen (secondary N) is 1. The molecule has 1 aliphatic heterocycles. The third-order valence-electron chi connectivity index (χ3n) is 5.92. The fraction of sp³-hybridized carbons (Fsp3) is 0.333. The van der Waals surface area contributed by atoms with Gasteiger partial charge in [-0.25, -0.2) is 0 Å². The molecule has 2 heterocycles. The van der Waals surface area contributed by atoms with E-state index in [-0.39, 0.29) is 17.7 Å². The highest BCUT2D eigenvalue weighted by molar-refractivity contribution is 6.10. The van der Waals surface area contributed by atoms with Gasteiger partial charge in [-0.1, -0.05) is 48.0 Å². The summed E-state index contributed by atoms with van der Waals surface area (Å²) in [6, 6.07) is 15.8. The van der Waals surface area contributed by atoms with Crippen molar-refractivity contribution < 1.29 is 9.59 Å². The number of Topliss-reactive ketones (excluding diaryl/α,β-unsaturated/α-hetero) is 1. The van der Waals surface area contributed by atoms with E-state index in [9.17, 15) is 9.59 Å². The lowest BCUT2D eigenvalue weighted by molar-refractivity contribution is -0.132. The number of carbonyl (C=O) groups excluding carboxylic acids is 2. The maximum atomic E-state index is 13.1. The zero-order valence-corrected chi connectivity index (χ0v) is 17.0. The maximum Gasteiger partial charge on any atom is 0.227 e. The number of aromatic amines is 1. The monoisotopic (exact) mass is 389 g/mol. The Labute approximate surface area is 171 Å². The Balaban J connectivity index is 1.35. The molecule has 0 spiro atoms. The molecule has 1 saturated heterocycles. The molecule has 3 aromatic rings. The first-order valence-electron chi connectivity index (χ1n) is 10.2. The van der Waals surface area contributed by atoms with Gasteiger partial charge in [-0.3, -0.25) is 14.5 Å². The van der Waals surface area contributed by atoms with Crippen LogP contribution in [0.15, 0.2) is 54.7 Å². The number of para-hydroxylation sites is 1. The van der Waals surface area contributed by atoms with Crippen molar-refractivity contribution in [1.82, 2.24) is 14.8 Å². The first kappa shape index (κ1) is 19.4. The second-order valence-corrected chi connectivity index (χ2v) is 7.87. The van der Waals surface area contributed by atoms with Crippen molar-refractivity contribution in [1.29, 1.82) is 0 Å². The smallest absolute Gasteiger partial charge is 0.227 e. The van der Waals surface area contributed by atoms with Crippen LogP contribution in [0, 0.1) is 6.92 Å². The molecule has 1 aliphatic rings. The van der Waals surface area contributed by atoms with Gasteiger partial charge < -0.3 is 9.88 Å². The van der Waals surface area contributed by atoms with Crippen molar-refractivity contribution in [2.45, 2.75) is 26.3 Å². The van der Waals surface area contributed by atoms with E-state index >= 15 is 0 Å². The number of carbonyl (C=O) groups is 2. The van der Waals surface area contributed by atoms with Gasteiger partial charge >= 0.3 is 0 Å². The molecule has 5 heteroatoms. The van der Waals surface area contributed by atoms with Crippen LogP contribution in [0.3, 0.4) is 0 Å². The van der Waals surface area contributed by atoms with E-state index in [1.165, 1.54) is 5.56 Å². The fourth-order valence-electron chi connectivity index (χ4n) is 4.02. The predicted octanol–water partition coefficient (Wildman–Crippen LogP) is 3.43. The van der Waals surface area contributed by atoms with E-state index in [1.54, 1.807) is 0 Å². The van der Waals surface area contributed by atoms with Crippen LogP contribution >= 0.6 is 0 Å². The molecule has 5 nitrogen and oxygen atoms in total. The molecule has 150 valence electrons. The zero-order chi connectivity index (χ0) is 20.4. The summed E-state index contributed by atoms with van der Waals surface area (Å²) in [5.74, 6) is 0.283. The van der Waals surface area contributed by atoms with E-state index < -0.39 is 0 Å². The van der Waals surface area contributed by atoms with Gasteiger partial charge in [-0.05, 0) is 25.5 Å². The summed E-state index contributed by atoms with van der Waals surface area (Å²) in [5.41, 5.74) is 3.97. The van der Waals surface area contributed by atoms with Crippen LogP contribution in [0.25, 0.3) is 10.9 Å². The van der Waals surface area contributed by atoms with E-state index in [4.69, 9.17) is 0 Å². The van der Waals surface area contributed by atoms with Crippen LogP contribution < -0.4 is 0 Å². The number of hydrogen-bond donors (Lipinski definition) is 1. The lowest BCUT2D eigenvalue weighted by atomic mass is 10.0. The molecule has 2 aromatic carbocycles. The molecule has 1 fully saturated rings. The molecule has 1 aromatic heterocycles. The molecule has 1 N–H and O–H groups in total. The third kappa shape index (κ3) is 4.10. The number of ketones is 1. The van der Waals surface area contributed by atoms with Crippen molar-refractivity contribution in [2.75, 3.05) is 26.2 Å². The Bertz CT molecular complexity index is 1010. The second-order valence-electron chi connectivity index (χ2n) is 7.87. The fourth-order valence-corrected chi connectivity index (χ4v) is 4.02. The standard InChI is InChI=1S/C24H27N3O2/c1-17-7-9-19(10-8-17)15-23(28)27-13-11-26(12-14-27)18(2)24(29)21-16-25-22-6-4-3-5-20(21)22/h3-10,16,18,25H,11-15H2,1-2H3. The normalized spacial score (nSPS) is 16.1. The summed E-state index contributed by atoms with van der Waals surface area (Å²) in [5, 5.41) is 0.969. The van der Waals surface area contributed by atoms with Crippen LogP contribution in [0.4, 0.5) is 0 Å². The van der Waals surface area contributed by atoms with Crippen LogP contribution in [0.2, 0.25) is 0 Å². The lowest BCUT2D eigenvalue weighted by Crippen LogP contribution is -2.53. The van der Waals surface area contributed by atoms with Gasteiger partial charge in [0.25, 0.3) is 0 Å². The molecular weight excluding hydrogens is 362 g/mol. The van der Waals surface area contributed by atoms with Crippen LogP contribution in [0.5, 0.6) is 0 Å². The average molecular weight is 389 g/mol. The van der Waals surface area contributed by atoms with Crippen molar-refractivity contribution >= 4 is 22.6 Å². The number of fused-ring (bicyclic) bond motifs is 1. The molecule has 4 rings (SSSR count). The van der Waals surface area contributed by atoms with Gasteiger partial charge in [0.2, 0.25) is 5.91 Å². The van der Waals surface area contributed by atoms with E-state index in [2.05, 4.69) is 9.88 Å². The number of hydrogen-bond acceptors (Lipinski definition) is 3. The minimum atomic E-state index is -0.205. The van der Waals surface area contributed by atoms with Gasteiger partial charge in [0.15, 0.2) is 5.78 Å². The highest BCUT2D eigenvalue weighted by Crippen LogP contribution is 2.21. The maximum absolute atomic E-state index is 13.1. The van der Waals surface area contributed by atoms with Gasteiger partial charge in [0.1, 0.15) is 0 Å². The minimum Gasteiger partial charge on any atom is -0.360 e. The molecule has 1 amide bonds. The summed E-state index contributed by atoms with van der Waals surface area (Å²) in [7, 11) is 0. The van der Waals surface area contributed by atoms with Crippen molar-refractivity contribution in [3.05, 3.63) is 71.4 Å². The topological polar surface area (TPSA) is 56.4 Å². The Morgan fingerprint density at radius 3 is 2.41 bits per heavy atom. The van der Waals surface area contributed by atoms with E-state index in [0.717, 1.165) is 35.1 Å². The highest BCUT2D eigenvalue weighted by Gasteiger charge is 2.29. The Kier molecular flexibility index (Phi) is 5.49. The lowest BCUT2D eigenvalue weighted by Gasteiger charge is -2.37. The summed E-state index contributed by atoms with van der Waals surface area (Å²) < 4.78 is 0. The predicted molar refractivity (Wildman–Crippen MR) is 115 cm³/mol. The van der Waals surface area contributed by atoms with Crippen LogP contribution in [0.1, 0.15) is 28.4 Å². The number of H-pyrrole nitrogens is 1. The van der Waals surface area contributed by atoms with Crippen LogP contribution in [-0.4, -0.2) is 58.7 Å². The SMILES string of the molecule is Cc1ccc(CC(=O)N2CCN(C(C)C(=O)c3c[nH]c4ccccc34)CC2)cc1. The molecule has 1 atom stereocenters. The van der Waals surface area contributed by atoms with E-state index in [1.807, 2.05) is 73.5 Å². The molecule has 0 radical (unpaired) electrons. The van der Waals surface area contributed by atoms with Crippen LogP contribution in [-0.2, 0) is 11.2 Å². The number of piperazine rings is 1. The number of amides is 1. The van der Waals surface area contributed by atoms with Gasteiger partial charge in [-0.2, -0.15) is 0 Å². The number of aromatic nitrogens is 1. The zero-order valence-electron chi connectivity index (χ0n) is 17.0. The summed E-state index contributed by atoms with van der Waals surface area (Å²) >= 11 is 0. The third-order valence-corrected chi connectivity index (χ3v) is 5.92. The van der Waals surface area contributed by atoms with Gasteiger partial charge in [0, 0.05) is 48.8 Å². The largest absolute Gasteiger partial charge is 0.360 e. The van der Waals surface area contributed by atoms with Crippen molar-refractivity contribution in [2.24, 2.45) is 0 Å². The van der Waals surface area contributed by atoms with Gasteiger partial charge in [0.05, 0.1) is 12.5 Å². The molecular formula is C24H27N3O2. The van der Waals surface area contributed by atoms with E-state index in [0.29, 0.717) is 19.5 Å². The molecule has 0 saturated carbocycles. The Hall–Kier alpha value is -2.92. The second kappa shape index (κ2) is 8.21. The highest BCUT2D eigenvalue weighted by atomic mass is 16.2.